The molecule has 0 aromatic heterocycles. The fourth-order valence-electron chi connectivity index (χ4n) is 3.79. The van der Waals surface area contributed by atoms with Crippen molar-refractivity contribution in [2.45, 2.75) is 44.8 Å². The maximum atomic E-state index is 6.46. The van der Waals surface area contributed by atoms with Crippen molar-refractivity contribution < 1.29 is 4.74 Å². The molecule has 1 saturated heterocycles. The molecule has 2 heterocycles. The molecule has 1 spiro atoms. The van der Waals surface area contributed by atoms with Crippen molar-refractivity contribution in [2.24, 2.45) is 0 Å². The topological polar surface area (TPSA) is 24.5 Å². The van der Waals surface area contributed by atoms with Crippen molar-refractivity contribution >= 4 is 11.6 Å². The fourth-order valence-corrected chi connectivity index (χ4v) is 4.02. The zero-order valence-corrected chi connectivity index (χ0v) is 13.7. The lowest BCUT2D eigenvalue weighted by Crippen LogP contribution is -2.51. The number of nitrogens with zero attached hydrogens (tertiary/aromatic N) is 1. The highest BCUT2D eigenvalue weighted by molar-refractivity contribution is 6.32. The van der Waals surface area contributed by atoms with E-state index in [1.54, 1.807) is 0 Å². The number of nitrogens with one attached hydrogen (secondary N) is 1. The van der Waals surface area contributed by atoms with Crippen LogP contribution < -0.4 is 10.1 Å². The Hall–Kier alpha value is -0.770. The van der Waals surface area contributed by atoms with E-state index in [1.165, 1.54) is 5.56 Å². The molecule has 2 aliphatic rings. The van der Waals surface area contributed by atoms with Gasteiger partial charge in [0, 0.05) is 18.0 Å². The van der Waals surface area contributed by atoms with E-state index in [2.05, 4.69) is 30.1 Å². The van der Waals surface area contributed by atoms with Gasteiger partial charge in [0.2, 0.25) is 0 Å². The highest BCUT2D eigenvalue weighted by atomic mass is 35.5. The molecular weight excluding hydrogens is 284 g/mol. The number of ether oxygens (including phenoxy) is 1. The lowest BCUT2D eigenvalue weighted by atomic mass is 9.80. The zero-order chi connectivity index (χ0) is 14.9. The number of para-hydroxylation sites is 1. The van der Waals surface area contributed by atoms with E-state index in [9.17, 15) is 0 Å². The lowest BCUT2D eigenvalue weighted by molar-refractivity contribution is -0.0181. The van der Waals surface area contributed by atoms with Gasteiger partial charge in [0.15, 0.2) is 0 Å². The third kappa shape index (κ3) is 2.79. The van der Waals surface area contributed by atoms with E-state index in [0.717, 1.165) is 56.2 Å². The quantitative estimate of drug-likeness (QED) is 0.923. The number of hydrogen-bond acceptors (Lipinski definition) is 3. The third-order valence-electron chi connectivity index (χ3n) is 5.01. The number of rotatable bonds is 3. The maximum absolute atomic E-state index is 6.46. The summed E-state index contributed by atoms with van der Waals surface area (Å²) < 4.78 is 6.46. The van der Waals surface area contributed by atoms with E-state index in [4.69, 9.17) is 16.3 Å². The van der Waals surface area contributed by atoms with Gasteiger partial charge in [0.1, 0.15) is 11.4 Å². The van der Waals surface area contributed by atoms with Gasteiger partial charge in [0.25, 0.3) is 0 Å². The molecule has 2 aliphatic heterocycles. The molecule has 0 aliphatic carbocycles. The summed E-state index contributed by atoms with van der Waals surface area (Å²) in [6.07, 6.45) is 3.20. The van der Waals surface area contributed by atoms with Gasteiger partial charge in [-0.15, -0.1) is 0 Å². The second-order valence-electron chi connectivity index (χ2n) is 6.13. The van der Waals surface area contributed by atoms with Crippen LogP contribution in [0.3, 0.4) is 0 Å². The molecule has 1 aromatic rings. The van der Waals surface area contributed by atoms with Crippen molar-refractivity contribution in [1.82, 2.24) is 10.2 Å². The number of fused-ring (bicyclic) bond motifs is 1. The van der Waals surface area contributed by atoms with E-state index in [1.807, 2.05) is 12.1 Å². The van der Waals surface area contributed by atoms with Crippen LogP contribution in [-0.4, -0.2) is 36.7 Å². The van der Waals surface area contributed by atoms with Gasteiger partial charge in [-0.3, -0.25) is 4.90 Å². The molecule has 4 heteroatoms. The molecule has 1 aromatic carbocycles. The predicted molar refractivity (Wildman–Crippen MR) is 87.2 cm³/mol. The minimum atomic E-state index is -0.0451. The zero-order valence-electron chi connectivity index (χ0n) is 13.0. The smallest absolute Gasteiger partial charge is 0.143 e. The Bertz CT molecular complexity index is 496. The summed E-state index contributed by atoms with van der Waals surface area (Å²) in [5.74, 6) is 0.921. The van der Waals surface area contributed by atoms with Crippen LogP contribution in [-0.2, 0) is 0 Å². The van der Waals surface area contributed by atoms with Crippen LogP contribution in [0.5, 0.6) is 5.75 Å². The maximum Gasteiger partial charge on any atom is 0.143 e. The van der Waals surface area contributed by atoms with Crippen molar-refractivity contribution in [1.29, 1.82) is 0 Å². The number of benzene rings is 1. The number of piperidine rings is 1. The Morgan fingerprint density at radius 1 is 1.29 bits per heavy atom. The summed E-state index contributed by atoms with van der Waals surface area (Å²) >= 11 is 6.44. The van der Waals surface area contributed by atoms with E-state index >= 15 is 0 Å². The second kappa shape index (κ2) is 6.15. The molecule has 21 heavy (non-hydrogen) atoms. The normalized spacial score (nSPS) is 23.9. The summed E-state index contributed by atoms with van der Waals surface area (Å²) in [5.41, 5.74) is 1.21. The average Bonchev–Trinajstić information content (AvgIpc) is 2.50. The van der Waals surface area contributed by atoms with E-state index in [-0.39, 0.29) is 5.60 Å². The van der Waals surface area contributed by atoms with Gasteiger partial charge >= 0.3 is 0 Å². The van der Waals surface area contributed by atoms with Crippen LogP contribution in [0.1, 0.15) is 44.7 Å². The SMILES string of the molecule is CCN(CC)C1CC2(CCNCC2)Oc2c(Cl)cccc21. The Morgan fingerprint density at radius 3 is 2.67 bits per heavy atom. The number of halogens is 1. The van der Waals surface area contributed by atoms with Gasteiger partial charge in [-0.2, -0.15) is 0 Å². The summed E-state index contributed by atoms with van der Waals surface area (Å²) in [6.45, 7) is 8.65. The highest BCUT2D eigenvalue weighted by Gasteiger charge is 2.43. The van der Waals surface area contributed by atoms with Crippen molar-refractivity contribution in [3.63, 3.8) is 0 Å². The third-order valence-corrected chi connectivity index (χ3v) is 5.31. The second-order valence-corrected chi connectivity index (χ2v) is 6.54. The van der Waals surface area contributed by atoms with E-state index in [0.29, 0.717) is 6.04 Å². The minimum absolute atomic E-state index is 0.0451. The average molecular weight is 309 g/mol. The van der Waals surface area contributed by atoms with Gasteiger partial charge < -0.3 is 10.1 Å². The van der Waals surface area contributed by atoms with Crippen molar-refractivity contribution in [2.75, 3.05) is 26.2 Å². The Balaban J connectivity index is 2.01. The van der Waals surface area contributed by atoms with Gasteiger partial charge in [-0.25, -0.2) is 0 Å². The summed E-state index contributed by atoms with van der Waals surface area (Å²) in [4.78, 5) is 2.53. The fraction of sp³-hybridized carbons (Fsp3) is 0.647. The van der Waals surface area contributed by atoms with Crippen molar-refractivity contribution in [3.05, 3.63) is 28.8 Å². The van der Waals surface area contributed by atoms with E-state index < -0.39 is 0 Å². The Labute approximate surface area is 132 Å². The Morgan fingerprint density at radius 2 is 2.00 bits per heavy atom. The molecule has 0 radical (unpaired) electrons. The first kappa shape index (κ1) is 15.1. The van der Waals surface area contributed by atoms with Crippen LogP contribution in [0.2, 0.25) is 5.02 Å². The molecule has 1 atom stereocenters. The molecule has 1 N–H and O–H groups in total. The molecule has 3 nitrogen and oxygen atoms in total. The van der Waals surface area contributed by atoms with Gasteiger partial charge in [-0.1, -0.05) is 37.6 Å². The molecule has 3 rings (SSSR count). The largest absolute Gasteiger partial charge is 0.485 e. The van der Waals surface area contributed by atoms with Crippen LogP contribution in [0.4, 0.5) is 0 Å². The molecule has 1 fully saturated rings. The highest BCUT2D eigenvalue weighted by Crippen LogP contribution is 2.48. The molecule has 0 saturated carbocycles. The van der Waals surface area contributed by atoms with Gasteiger partial charge in [0.05, 0.1) is 5.02 Å². The van der Waals surface area contributed by atoms with Crippen LogP contribution in [0.25, 0.3) is 0 Å². The lowest BCUT2D eigenvalue weighted by Gasteiger charge is -2.47. The molecule has 1 unspecified atom stereocenters. The first-order valence-electron chi connectivity index (χ1n) is 8.11. The minimum Gasteiger partial charge on any atom is -0.485 e. The standard InChI is InChI=1S/C17H25ClN2O/c1-3-20(4-2)15-12-17(8-10-19-11-9-17)21-16-13(15)6-5-7-14(16)18/h5-7,15,19H,3-4,8-12H2,1-2H3. The molecule has 0 amide bonds. The predicted octanol–water partition coefficient (Wildman–Crippen LogP) is 3.63. The monoisotopic (exact) mass is 308 g/mol. The first-order chi connectivity index (χ1) is 10.2. The number of hydrogen-bond donors (Lipinski definition) is 1. The summed E-state index contributed by atoms with van der Waals surface area (Å²) in [6, 6.07) is 6.58. The van der Waals surface area contributed by atoms with Crippen molar-refractivity contribution in [3.8, 4) is 5.75 Å². The molecule has 0 bridgehead atoms. The van der Waals surface area contributed by atoms with Crippen LogP contribution in [0.15, 0.2) is 18.2 Å². The first-order valence-corrected chi connectivity index (χ1v) is 8.49. The van der Waals surface area contributed by atoms with Crippen LogP contribution in [0, 0.1) is 0 Å². The molecular formula is C17H25ClN2O. The molecule has 116 valence electrons. The van der Waals surface area contributed by atoms with Gasteiger partial charge in [-0.05, 0) is 45.1 Å². The summed E-state index contributed by atoms with van der Waals surface area (Å²) in [7, 11) is 0. The summed E-state index contributed by atoms with van der Waals surface area (Å²) in [5, 5.41) is 4.19. The Kier molecular flexibility index (Phi) is 4.43. The van der Waals surface area contributed by atoms with Crippen LogP contribution >= 0.6 is 11.6 Å².